The fraction of sp³-hybridized carbons (Fsp3) is 0.900. The zero-order valence-corrected chi connectivity index (χ0v) is 11.7. The van der Waals surface area contributed by atoms with Crippen molar-refractivity contribution >= 4 is 14.2 Å². The van der Waals surface area contributed by atoms with E-state index in [-0.39, 0.29) is 11.6 Å². The average molecular weight is 232 g/mol. The SMILES string of the molecule is CC(C)(C)[Si](C)(C)OC[C@](C)(N)C(N)=O. The molecule has 4 N–H and O–H groups in total. The van der Waals surface area contributed by atoms with Gasteiger partial charge in [0.25, 0.3) is 0 Å². The number of amides is 1. The first-order chi connectivity index (χ1) is 6.40. The zero-order chi connectivity index (χ0) is 12.5. The van der Waals surface area contributed by atoms with Crippen LogP contribution in [0.25, 0.3) is 0 Å². The van der Waals surface area contributed by atoms with E-state index in [4.69, 9.17) is 15.9 Å². The summed E-state index contributed by atoms with van der Waals surface area (Å²) in [5, 5.41) is 0.112. The highest BCUT2D eigenvalue weighted by atomic mass is 28.4. The first-order valence-corrected chi connectivity index (χ1v) is 8.04. The lowest BCUT2D eigenvalue weighted by molar-refractivity contribution is -0.123. The van der Waals surface area contributed by atoms with Crippen LogP contribution in [0.1, 0.15) is 27.7 Å². The Labute approximate surface area is 93.5 Å². The van der Waals surface area contributed by atoms with Crippen LogP contribution in [0.2, 0.25) is 18.1 Å². The van der Waals surface area contributed by atoms with E-state index in [0.717, 1.165) is 0 Å². The fourth-order valence-electron chi connectivity index (χ4n) is 0.618. The molecule has 0 aliphatic rings. The van der Waals surface area contributed by atoms with Crippen molar-refractivity contribution in [1.82, 2.24) is 0 Å². The van der Waals surface area contributed by atoms with Crippen molar-refractivity contribution in [1.29, 1.82) is 0 Å². The highest BCUT2D eigenvalue weighted by Crippen LogP contribution is 2.36. The molecule has 0 fully saturated rings. The van der Waals surface area contributed by atoms with Gasteiger partial charge in [-0.1, -0.05) is 20.8 Å². The van der Waals surface area contributed by atoms with Gasteiger partial charge in [-0.25, -0.2) is 0 Å². The van der Waals surface area contributed by atoms with Crippen LogP contribution in [0.5, 0.6) is 0 Å². The topological polar surface area (TPSA) is 78.3 Å². The Morgan fingerprint density at radius 2 is 1.67 bits per heavy atom. The third-order valence-corrected chi connectivity index (χ3v) is 7.58. The number of rotatable bonds is 4. The number of hydrogen-bond donors (Lipinski definition) is 2. The highest BCUT2D eigenvalue weighted by molar-refractivity contribution is 6.74. The second kappa shape index (κ2) is 4.23. The number of nitrogens with two attached hydrogens (primary N) is 2. The second-order valence-corrected chi connectivity index (χ2v) is 10.6. The minimum atomic E-state index is -1.85. The van der Waals surface area contributed by atoms with E-state index in [2.05, 4.69) is 33.9 Å². The first kappa shape index (κ1) is 14.6. The Bertz CT molecular complexity index is 244. The van der Waals surface area contributed by atoms with Crippen LogP contribution in [0.15, 0.2) is 0 Å². The summed E-state index contributed by atoms with van der Waals surface area (Å²) in [5.74, 6) is -0.527. The number of hydrogen-bond acceptors (Lipinski definition) is 3. The average Bonchev–Trinajstić information content (AvgIpc) is 1.99. The first-order valence-electron chi connectivity index (χ1n) is 5.13. The van der Waals surface area contributed by atoms with Crippen LogP contribution < -0.4 is 11.5 Å². The molecule has 1 amide bonds. The van der Waals surface area contributed by atoms with Gasteiger partial charge in [-0.3, -0.25) is 4.79 Å². The Balaban J connectivity index is 4.47. The standard InChI is InChI=1S/C10H24N2O2Si/c1-9(2,3)15(5,6)14-7-10(4,12)8(11)13/h7,12H2,1-6H3,(H2,11,13)/t10-/m0/s1. The van der Waals surface area contributed by atoms with Gasteiger partial charge in [-0.05, 0) is 25.1 Å². The minimum Gasteiger partial charge on any atom is -0.414 e. The lowest BCUT2D eigenvalue weighted by atomic mass is 10.1. The molecule has 0 bridgehead atoms. The van der Waals surface area contributed by atoms with E-state index in [0.29, 0.717) is 0 Å². The monoisotopic (exact) mass is 232 g/mol. The molecule has 5 heteroatoms. The van der Waals surface area contributed by atoms with Crippen LogP contribution in [0.3, 0.4) is 0 Å². The molecule has 0 aromatic heterocycles. The van der Waals surface area contributed by atoms with Gasteiger partial charge in [0.05, 0.1) is 6.61 Å². The Morgan fingerprint density at radius 1 is 1.27 bits per heavy atom. The van der Waals surface area contributed by atoms with Gasteiger partial charge in [0.15, 0.2) is 8.32 Å². The minimum absolute atomic E-state index is 0.112. The van der Waals surface area contributed by atoms with E-state index in [1.807, 2.05) is 0 Å². The molecule has 0 saturated heterocycles. The van der Waals surface area contributed by atoms with Crippen molar-refractivity contribution in [2.45, 2.75) is 51.4 Å². The van der Waals surface area contributed by atoms with Crippen LogP contribution in [0, 0.1) is 0 Å². The third-order valence-electron chi connectivity index (χ3n) is 3.10. The van der Waals surface area contributed by atoms with Gasteiger partial charge in [0.1, 0.15) is 5.54 Å². The predicted octanol–water partition coefficient (Wildman–Crippen LogP) is 1.21. The summed E-state index contributed by atoms with van der Waals surface area (Å²) in [6.07, 6.45) is 0. The van der Waals surface area contributed by atoms with Crippen molar-refractivity contribution in [3.63, 3.8) is 0 Å². The van der Waals surface area contributed by atoms with Gasteiger partial charge in [0.2, 0.25) is 5.91 Å². The van der Waals surface area contributed by atoms with Crippen molar-refractivity contribution in [2.75, 3.05) is 6.61 Å². The Morgan fingerprint density at radius 3 is 1.93 bits per heavy atom. The summed E-state index contributed by atoms with van der Waals surface area (Å²) in [5.41, 5.74) is 9.84. The molecular formula is C10H24N2O2Si. The van der Waals surface area contributed by atoms with Gasteiger partial charge < -0.3 is 15.9 Å². The maximum absolute atomic E-state index is 11.0. The molecule has 1 atom stereocenters. The largest absolute Gasteiger partial charge is 0.414 e. The molecule has 0 aromatic rings. The Kier molecular flexibility index (Phi) is 4.12. The van der Waals surface area contributed by atoms with E-state index >= 15 is 0 Å². The third kappa shape index (κ3) is 3.93. The molecule has 0 spiro atoms. The second-order valence-electron chi connectivity index (χ2n) is 5.83. The number of primary amides is 1. The van der Waals surface area contributed by atoms with Crippen LogP contribution in [-0.4, -0.2) is 26.4 Å². The van der Waals surface area contributed by atoms with E-state index in [9.17, 15) is 4.79 Å². The van der Waals surface area contributed by atoms with Crippen molar-refractivity contribution in [2.24, 2.45) is 11.5 Å². The van der Waals surface area contributed by atoms with E-state index in [1.165, 1.54) is 0 Å². The number of carbonyl (C=O) groups is 1. The molecule has 0 unspecified atom stereocenters. The lowest BCUT2D eigenvalue weighted by Gasteiger charge is -2.38. The van der Waals surface area contributed by atoms with E-state index in [1.54, 1.807) is 6.92 Å². The van der Waals surface area contributed by atoms with Crippen molar-refractivity contribution < 1.29 is 9.22 Å². The molecule has 0 saturated carbocycles. The molecule has 0 heterocycles. The van der Waals surface area contributed by atoms with Gasteiger partial charge in [-0.15, -0.1) is 0 Å². The zero-order valence-electron chi connectivity index (χ0n) is 10.7. The predicted molar refractivity (Wildman–Crippen MR) is 64.9 cm³/mol. The smallest absolute Gasteiger partial charge is 0.239 e. The molecule has 0 radical (unpaired) electrons. The van der Waals surface area contributed by atoms with Crippen LogP contribution in [0.4, 0.5) is 0 Å². The molecule has 0 rings (SSSR count). The molecule has 0 aliphatic heterocycles. The van der Waals surface area contributed by atoms with Gasteiger partial charge >= 0.3 is 0 Å². The van der Waals surface area contributed by atoms with Gasteiger partial charge in [0, 0.05) is 0 Å². The van der Waals surface area contributed by atoms with Crippen LogP contribution >= 0.6 is 0 Å². The number of carbonyl (C=O) groups excluding carboxylic acids is 1. The maximum atomic E-state index is 11.0. The molecular weight excluding hydrogens is 208 g/mol. The normalized spacial score (nSPS) is 17.3. The lowest BCUT2D eigenvalue weighted by Crippen LogP contribution is -2.56. The maximum Gasteiger partial charge on any atom is 0.239 e. The molecule has 0 aromatic carbocycles. The van der Waals surface area contributed by atoms with E-state index < -0.39 is 19.8 Å². The quantitative estimate of drug-likeness (QED) is 0.715. The summed E-state index contributed by atoms with van der Waals surface area (Å²) >= 11 is 0. The highest BCUT2D eigenvalue weighted by Gasteiger charge is 2.39. The fourth-order valence-corrected chi connectivity index (χ4v) is 1.71. The molecule has 4 nitrogen and oxygen atoms in total. The summed E-state index contributed by atoms with van der Waals surface area (Å²) < 4.78 is 5.83. The van der Waals surface area contributed by atoms with Crippen LogP contribution in [-0.2, 0) is 9.22 Å². The summed E-state index contributed by atoms with van der Waals surface area (Å²) in [6, 6.07) is 0. The molecule has 90 valence electrons. The summed E-state index contributed by atoms with van der Waals surface area (Å²) in [6.45, 7) is 12.4. The van der Waals surface area contributed by atoms with Crippen molar-refractivity contribution in [3.8, 4) is 0 Å². The molecule has 0 aliphatic carbocycles. The summed E-state index contributed by atoms with van der Waals surface area (Å²) in [7, 11) is -1.85. The van der Waals surface area contributed by atoms with Gasteiger partial charge in [-0.2, -0.15) is 0 Å². The summed E-state index contributed by atoms with van der Waals surface area (Å²) in [4.78, 5) is 11.0. The Hall–Kier alpha value is -0.393. The molecule has 15 heavy (non-hydrogen) atoms. The van der Waals surface area contributed by atoms with Crippen molar-refractivity contribution in [3.05, 3.63) is 0 Å².